The highest BCUT2D eigenvalue weighted by molar-refractivity contribution is 6.82. The molecule has 2 heterocycles. The molecule has 0 aliphatic carbocycles. The predicted molar refractivity (Wildman–Crippen MR) is 113 cm³/mol. The van der Waals surface area contributed by atoms with Crippen LogP contribution >= 0.6 is 0 Å². The van der Waals surface area contributed by atoms with Gasteiger partial charge in [-0.2, -0.15) is 0 Å². The summed E-state index contributed by atoms with van der Waals surface area (Å²) in [4.78, 5) is 2.52. The lowest BCUT2D eigenvalue weighted by molar-refractivity contribution is 0.589. The van der Waals surface area contributed by atoms with E-state index < -0.39 is 8.24 Å². The molecule has 2 aromatic rings. The Morgan fingerprint density at radius 1 is 0.880 bits per heavy atom. The summed E-state index contributed by atoms with van der Waals surface area (Å²) in [7, 11) is -1.70. The van der Waals surface area contributed by atoms with Gasteiger partial charge in [0.15, 0.2) is 8.24 Å². The summed E-state index contributed by atoms with van der Waals surface area (Å²) in [5.41, 5.74) is 4.97. The molecule has 0 saturated carbocycles. The number of benzene rings is 1. The van der Waals surface area contributed by atoms with Crippen LogP contribution in [-0.2, 0) is 0 Å². The molecule has 25 heavy (non-hydrogen) atoms. The van der Waals surface area contributed by atoms with Crippen molar-refractivity contribution in [2.75, 3.05) is 31.1 Å². The van der Waals surface area contributed by atoms with Gasteiger partial charge in [0.2, 0.25) is 0 Å². The summed E-state index contributed by atoms with van der Waals surface area (Å²) >= 11 is 0. The normalized spacial score (nSPS) is 16.6. The first-order chi connectivity index (χ1) is 11.9. The SMILES string of the molecule is CC(C)[Si](C(C)C)(C(C)C)n1ccc2ccc(N3CCNCC3)cc21. The lowest BCUT2D eigenvalue weighted by Crippen LogP contribution is -2.51. The van der Waals surface area contributed by atoms with Crippen LogP contribution in [0.25, 0.3) is 10.9 Å². The standard InChI is InChI=1S/C21H35N3Si/c1-16(2)25(17(3)4,18(5)6)24-12-9-19-7-8-20(15-21(19)24)23-13-10-22-11-14-23/h7-9,12,15-18,22H,10-11,13-14H2,1-6H3. The molecule has 1 aromatic carbocycles. The van der Waals surface area contributed by atoms with Crippen LogP contribution in [-0.4, -0.2) is 38.6 Å². The molecular weight excluding hydrogens is 322 g/mol. The maximum atomic E-state index is 3.46. The Kier molecular flexibility index (Phi) is 5.31. The third-order valence-corrected chi connectivity index (χ3v) is 13.1. The summed E-state index contributed by atoms with van der Waals surface area (Å²) in [5.74, 6) is 0. The Morgan fingerprint density at radius 2 is 1.48 bits per heavy atom. The first-order valence-electron chi connectivity index (χ1n) is 9.96. The molecule has 0 bridgehead atoms. The molecule has 1 fully saturated rings. The van der Waals surface area contributed by atoms with Gasteiger partial charge in [-0.1, -0.05) is 47.6 Å². The van der Waals surface area contributed by atoms with Gasteiger partial charge >= 0.3 is 0 Å². The van der Waals surface area contributed by atoms with Gasteiger partial charge < -0.3 is 14.4 Å². The molecule has 3 nitrogen and oxygen atoms in total. The van der Waals surface area contributed by atoms with E-state index in [4.69, 9.17) is 0 Å². The zero-order chi connectivity index (χ0) is 18.2. The monoisotopic (exact) mass is 357 g/mol. The number of rotatable bonds is 5. The Labute approximate surface area is 154 Å². The van der Waals surface area contributed by atoms with Crippen molar-refractivity contribution in [2.45, 2.75) is 58.2 Å². The molecule has 1 saturated heterocycles. The van der Waals surface area contributed by atoms with Gasteiger partial charge in [0.25, 0.3) is 0 Å². The maximum Gasteiger partial charge on any atom is 0.169 e. The van der Waals surface area contributed by atoms with Crippen LogP contribution in [0.4, 0.5) is 5.69 Å². The number of hydrogen-bond acceptors (Lipinski definition) is 2. The average Bonchev–Trinajstić information content (AvgIpc) is 2.99. The van der Waals surface area contributed by atoms with Crippen molar-refractivity contribution in [3.05, 3.63) is 30.5 Å². The quantitative estimate of drug-likeness (QED) is 0.754. The number of aromatic nitrogens is 1. The van der Waals surface area contributed by atoms with Gasteiger partial charge in [-0.25, -0.2) is 0 Å². The highest BCUT2D eigenvalue weighted by Gasteiger charge is 2.45. The molecule has 1 aliphatic rings. The smallest absolute Gasteiger partial charge is 0.169 e. The lowest BCUT2D eigenvalue weighted by atomic mass is 10.2. The van der Waals surface area contributed by atoms with Gasteiger partial charge in [-0.05, 0) is 46.4 Å². The zero-order valence-electron chi connectivity index (χ0n) is 16.8. The topological polar surface area (TPSA) is 20.2 Å². The van der Waals surface area contributed by atoms with Crippen LogP contribution in [0.2, 0.25) is 16.6 Å². The van der Waals surface area contributed by atoms with E-state index >= 15 is 0 Å². The minimum atomic E-state index is -1.70. The molecule has 0 radical (unpaired) electrons. The molecule has 3 rings (SSSR count). The van der Waals surface area contributed by atoms with Crippen LogP contribution < -0.4 is 10.2 Å². The van der Waals surface area contributed by atoms with Crippen molar-refractivity contribution in [3.63, 3.8) is 0 Å². The van der Waals surface area contributed by atoms with E-state index in [0.29, 0.717) is 16.6 Å². The summed E-state index contributed by atoms with van der Waals surface area (Å²) in [6, 6.07) is 9.41. The highest BCUT2D eigenvalue weighted by atomic mass is 28.3. The van der Waals surface area contributed by atoms with Crippen molar-refractivity contribution >= 4 is 24.8 Å². The van der Waals surface area contributed by atoms with Crippen LogP contribution in [0.3, 0.4) is 0 Å². The van der Waals surface area contributed by atoms with Crippen molar-refractivity contribution in [1.29, 1.82) is 0 Å². The molecule has 1 aliphatic heterocycles. The number of fused-ring (bicyclic) bond motifs is 1. The fourth-order valence-corrected chi connectivity index (χ4v) is 12.0. The fraction of sp³-hybridized carbons (Fsp3) is 0.619. The Hall–Kier alpha value is -1.26. The molecule has 0 atom stereocenters. The van der Waals surface area contributed by atoms with E-state index in [1.807, 2.05) is 0 Å². The second kappa shape index (κ2) is 7.16. The first kappa shape index (κ1) is 18.5. The van der Waals surface area contributed by atoms with E-state index in [1.54, 1.807) is 0 Å². The van der Waals surface area contributed by atoms with E-state index in [9.17, 15) is 0 Å². The summed E-state index contributed by atoms with van der Waals surface area (Å²) in [6.45, 7) is 19.0. The summed E-state index contributed by atoms with van der Waals surface area (Å²) < 4.78 is 2.73. The molecule has 0 spiro atoms. The highest BCUT2D eigenvalue weighted by Crippen LogP contribution is 2.44. The van der Waals surface area contributed by atoms with Gasteiger partial charge in [-0.15, -0.1) is 0 Å². The van der Waals surface area contributed by atoms with Crippen LogP contribution in [0, 0.1) is 0 Å². The average molecular weight is 358 g/mol. The molecule has 4 heteroatoms. The molecule has 138 valence electrons. The van der Waals surface area contributed by atoms with E-state index in [2.05, 4.69) is 86.5 Å². The van der Waals surface area contributed by atoms with Crippen LogP contribution in [0.5, 0.6) is 0 Å². The van der Waals surface area contributed by atoms with E-state index in [1.165, 1.54) is 16.6 Å². The summed E-state index contributed by atoms with van der Waals surface area (Å²) in [5, 5.41) is 4.84. The minimum Gasteiger partial charge on any atom is -0.373 e. The largest absolute Gasteiger partial charge is 0.373 e. The van der Waals surface area contributed by atoms with Gasteiger partial charge in [0.05, 0.1) is 0 Å². The molecule has 1 aromatic heterocycles. The maximum absolute atomic E-state index is 3.46. The summed E-state index contributed by atoms with van der Waals surface area (Å²) in [6.07, 6.45) is 2.39. The molecule has 0 amide bonds. The van der Waals surface area contributed by atoms with Gasteiger partial charge in [-0.3, -0.25) is 0 Å². The Morgan fingerprint density at radius 3 is 2.04 bits per heavy atom. The second-order valence-electron chi connectivity index (χ2n) is 8.52. The van der Waals surface area contributed by atoms with Crippen molar-refractivity contribution in [2.24, 2.45) is 0 Å². The third-order valence-electron chi connectivity index (χ3n) is 6.35. The van der Waals surface area contributed by atoms with Crippen molar-refractivity contribution in [1.82, 2.24) is 9.55 Å². The number of piperazine rings is 1. The fourth-order valence-electron chi connectivity index (χ4n) is 5.41. The van der Waals surface area contributed by atoms with Crippen molar-refractivity contribution < 1.29 is 0 Å². The zero-order valence-corrected chi connectivity index (χ0v) is 17.8. The minimum absolute atomic E-state index is 0.714. The molecular formula is C21H35N3Si. The lowest BCUT2D eigenvalue weighted by Gasteiger charge is -2.44. The number of hydrogen-bond donors (Lipinski definition) is 1. The number of anilines is 1. The second-order valence-corrected chi connectivity index (χ2v) is 14.2. The molecule has 1 N–H and O–H groups in total. The third kappa shape index (κ3) is 3.04. The first-order valence-corrected chi connectivity index (χ1v) is 12.1. The van der Waals surface area contributed by atoms with E-state index in [0.717, 1.165) is 26.2 Å². The Bertz CT molecular complexity index is 689. The van der Waals surface area contributed by atoms with Crippen molar-refractivity contribution in [3.8, 4) is 0 Å². The van der Waals surface area contributed by atoms with E-state index in [-0.39, 0.29) is 0 Å². The number of nitrogens with one attached hydrogen (secondary N) is 1. The predicted octanol–water partition coefficient (Wildman–Crippen LogP) is 5.07. The van der Waals surface area contributed by atoms with Gasteiger partial charge in [0.1, 0.15) is 0 Å². The van der Waals surface area contributed by atoms with Gasteiger partial charge in [0, 0.05) is 37.4 Å². The Balaban J connectivity index is 2.14. The van der Waals surface area contributed by atoms with Crippen LogP contribution in [0.1, 0.15) is 41.5 Å². The number of nitrogens with zero attached hydrogens (tertiary/aromatic N) is 2. The molecule has 0 unspecified atom stereocenters. The van der Waals surface area contributed by atoms with Crippen LogP contribution in [0.15, 0.2) is 30.5 Å².